The molecule has 0 aliphatic heterocycles. The van der Waals surface area contributed by atoms with Crippen LogP contribution in [0.2, 0.25) is 0 Å². The molecule has 1 rings (SSSR count). The van der Waals surface area contributed by atoms with Gasteiger partial charge in [-0.3, -0.25) is 0 Å². The molecule has 0 unspecified atom stereocenters. The predicted molar refractivity (Wildman–Crippen MR) is 82.6 cm³/mol. The second kappa shape index (κ2) is 7.66. The molecule has 0 spiro atoms. The van der Waals surface area contributed by atoms with Crippen molar-refractivity contribution < 1.29 is 4.74 Å². The Morgan fingerprint density at radius 2 is 1.74 bits per heavy atom. The molecule has 19 heavy (non-hydrogen) atoms. The molecule has 2 heteroatoms. The minimum Gasteiger partial charge on any atom is -0.379 e. The van der Waals surface area contributed by atoms with Gasteiger partial charge in [-0.2, -0.15) is 0 Å². The molecule has 0 saturated carbocycles. The van der Waals surface area contributed by atoms with Crippen molar-refractivity contribution in [1.82, 2.24) is 5.32 Å². The van der Waals surface area contributed by atoms with Gasteiger partial charge in [0.2, 0.25) is 0 Å². The summed E-state index contributed by atoms with van der Waals surface area (Å²) in [4.78, 5) is 0. The maximum Gasteiger partial charge on any atom is 0.0518 e. The predicted octanol–water partition coefficient (Wildman–Crippen LogP) is 3.89. The molecule has 0 bridgehead atoms. The van der Waals surface area contributed by atoms with E-state index in [0.717, 1.165) is 26.1 Å². The van der Waals surface area contributed by atoms with E-state index in [9.17, 15) is 0 Å². The summed E-state index contributed by atoms with van der Waals surface area (Å²) >= 11 is 0. The van der Waals surface area contributed by atoms with Crippen molar-refractivity contribution >= 4 is 0 Å². The van der Waals surface area contributed by atoms with E-state index in [2.05, 4.69) is 64.2 Å². The third kappa shape index (κ3) is 6.74. The fourth-order valence-electron chi connectivity index (χ4n) is 1.87. The first-order valence-corrected chi connectivity index (χ1v) is 7.31. The summed E-state index contributed by atoms with van der Waals surface area (Å²) < 4.78 is 5.51. The average molecular weight is 263 g/mol. The topological polar surface area (TPSA) is 21.3 Å². The Morgan fingerprint density at radius 1 is 1.11 bits per heavy atom. The van der Waals surface area contributed by atoms with Crippen molar-refractivity contribution in [2.45, 2.75) is 59.1 Å². The fourth-order valence-corrected chi connectivity index (χ4v) is 1.87. The van der Waals surface area contributed by atoms with E-state index in [0.29, 0.717) is 6.10 Å². The molecule has 1 aromatic carbocycles. The van der Waals surface area contributed by atoms with Crippen molar-refractivity contribution in [3.63, 3.8) is 0 Å². The summed E-state index contributed by atoms with van der Waals surface area (Å²) in [7, 11) is 0. The summed E-state index contributed by atoms with van der Waals surface area (Å²) in [6, 6.07) is 8.91. The normalized spacial score (nSPS) is 12.1. The van der Waals surface area contributed by atoms with Crippen LogP contribution >= 0.6 is 0 Å². The third-order valence-corrected chi connectivity index (χ3v) is 3.10. The molecule has 1 aromatic rings. The van der Waals surface area contributed by atoms with Gasteiger partial charge in [0.25, 0.3) is 0 Å². The van der Waals surface area contributed by atoms with Crippen LogP contribution in [0.15, 0.2) is 24.3 Å². The molecule has 1 N–H and O–H groups in total. The summed E-state index contributed by atoms with van der Waals surface area (Å²) in [5.41, 5.74) is 2.97. The van der Waals surface area contributed by atoms with Gasteiger partial charge in [-0.25, -0.2) is 0 Å². The molecule has 0 saturated heterocycles. The minimum atomic E-state index is 0.236. The lowest BCUT2D eigenvalue weighted by molar-refractivity contribution is 0.0770. The molecule has 2 nitrogen and oxygen atoms in total. The van der Waals surface area contributed by atoms with Gasteiger partial charge in [0.15, 0.2) is 0 Å². The van der Waals surface area contributed by atoms with E-state index in [-0.39, 0.29) is 5.41 Å². The second-order valence-electron chi connectivity index (χ2n) is 6.40. The van der Waals surface area contributed by atoms with Gasteiger partial charge in [-0.1, -0.05) is 45.0 Å². The first kappa shape index (κ1) is 16.2. The SMILES string of the molecule is CC(C)OCCCNCc1ccc(C(C)(C)C)cc1. The Kier molecular flexibility index (Phi) is 6.53. The maximum atomic E-state index is 5.51. The molecule has 0 heterocycles. The van der Waals surface area contributed by atoms with Gasteiger partial charge >= 0.3 is 0 Å². The second-order valence-corrected chi connectivity index (χ2v) is 6.40. The first-order chi connectivity index (χ1) is 8.89. The number of benzene rings is 1. The Labute approximate surface area is 118 Å². The molecule has 108 valence electrons. The van der Waals surface area contributed by atoms with Crippen LogP contribution in [0.1, 0.15) is 52.2 Å². The van der Waals surface area contributed by atoms with E-state index in [1.54, 1.807) is 0 Å². The van der Waals surface area contributed by atoms with Crippen LogP contribution in [0, 0.1) is 0 Å². The molecule has 0 radical (unpaired) electrons. The molecule has 0 aromatic heterocycles. The highest BCUT2D eigenvalue weighted by molar-refractivity contribution is 5.27. The van der Waals surface area contributed by atoms with Crippen LogP contribution in [0.5, 0.6) is 0 Å². The maximum absolute atomic E-state index is 5.51. The van der Waals surface area contributed by atoms with E-state index in [1.165, 1.54) is 11.1 Å². The van der Waals surface area contributed by atoms with E-state index >= 15 is 0 Å². The summed E-state index contributed by atoms with van der Waals surface area (Å²) in [6.07, 6.45) is 1.41. The van der Waals surface area contributed by atoms with Gasteiger partial charge < -0.3 is 10.1 Å². The summed E-state index contributed by atoms with van der Waals surface area (Å²) in [5, 5.41) is 3.45. The molecular weight excluding hydrogens is 234 g/mol. The Morgan fingerprint density at radius 3 is 2.26 bits per heavy atom. The van der Waals surface area contributed by atoms with Crippen LogP contribution in [0.25, 0.3) is 0 Å². The summed E-state index contributed by atoms with van der Waals surface area (Å²) in [6.45, 7) is 13.7. The highest BCUT2D eigenvalue weighted by Crippen LogP contribution is 2.22. The third-order valence-electron chi connectivity index (χ3n) is 3.10. The van der Waals surface area contributed by atoms with Crippen molar-refractivity contribution in [2.24, 2.45) is 0 Å². The molecule has 0 atom stereocenters. The highest BCUT2D eigenvalue weighted by Gasteiger charge is 2.12. The number of nitrogens with one attached hydrogen (secondary N) is 1. The lowest BCUT2D eigenvalue weighted by atomic mass is 9.87. The molecule has 0 amide bonds. The lowest BCUT2D eigenvalue weighted by Gasteiger charge is -2.19. The summed E-state index contributed by atoms with van der Waals surface area (Å²) in [5.74, 6) is 0. The lowest BCUT2D eigenvalue weighted by Crippen LogP contribution is -2.17. The van der Waals surface area contributed by atoms with Crippen LogP contribution in [0.4, 0.5) is 0 Å². The molecule has 0 aliphatic rings. The van der Waals surface area contributed by atoms with Crippen LogP contribution in [-0.2, 0) is 16.7 Å². The van der Waals surface area contributed by atoms with Crippen LogP contribution < -0.4 is 5.32 Å². The van der Waals surface area contributed by atoms with E-state index in [4.69, 9.17) is 4.74 Å². The Balaban J connectivity index is 2.23. The van der Waals surface area contributed by atoms with Crippen molar-refractivity contribution in [1.29, 1.82) is 0 Å². The quantitative estimate of drug-likeness (QED) is 0.754. The average Bonchev–Trinajstić information content (AvgIpc) is 2.32. The number of hydrogen-bond donors (Lipinski definition) is 1. The Bertz CT molecular complexity index is 349. The minimum absolute atomic E-state index is 0.236. The van der Waals surface area contributed by atoms with E-state index < -0.39 is 0 Å². The Hall–Kier alpha value is -0.860. The fraction of sp³-hybridized carbons (Fsp3) is 0.647. The zero-order valence-electron chi connectivity index (χ0n) is 13.1. The molecule has 0 aliphatic carbocycles. The first-order valence-electron chi connectivity index (χ1n) is 7.31. The van der Waals surface area contributed by atoms with Crippen molar-refractivity contribution in [3.05, 3.63) is 35.4 Å². The number of ether oxygens (including phenoxy) is 1. The number of hydrogen-bond acceptors (Lipinski definition) is 2. The van der Waals surface area contributed by atoms with Crippen molar-refractivity contribution in [3.8, 4) is 0 Å². The van der Waals surface area contributed by atoms with Gasteiger partial charge in [0.1, 0.15) is 0 Å². The standard InChI is InChI=1S/C17H29NO/c1-14(2)19-12-6-11-18-13-15-7-9-16(10-8-15)17(3,4)5/h7-10,14,18H,6,11-13H2,1-5H3. The van der Waals surface area contributed by atoms with E-state index in [1.807, 2.05) is 0 Å². The molecular formula is C17H29NO. The van der Waals surface area contributed by atoms with Crippen LogP contribution in [-0.4, -0.2) is 19.3 Å². The zero-order valence-corrected chi connectivity index (χ0v) is 13.1. The smallest absolute Gasteiger partial charge is 0.0518 e. The van der Waals surface area contributed by atoms with Gasteiger partial charge in [0, 0.05) is 13.2 Å². The van der Waals surface area contributed by atoms with Gasteiger partial charge in [-0.05, 0) is 43.4 Å². The van der Waals surface area contributed by atoms with Gasteiger partial charge in [-0.15, -0.1) is 0 Å². The zero-order chi connectivity index (χ0) is 14.3. The van der Waals surface area contributed by atoms with Gasteiger partial charge in [0.05, 0.1) is 6.10 Å². The number of rotatable bonds is 7. The highest BCUT2D eigenvalue weighted by atomic mass is 16.5. The monoisotopic (exact) mass is 263 g/mol. The molecule has 0 fully saturated rings. The largest absolute Gasteiger partial charge is 0.379 e. The van der Waals surface area contributed by atoms with Crippen LogP contribution in [0.3, 0.4) is 0 Å². The van der Waals surface area contributed by atoms with Crippen molar-refractivity contribution in [2.75, 3.05) is 13.2 Å².